The van der Waals surface area contributed by atoms with E-state index in [0.717, 1.165) is 0 Å². The molecular weight excluding hydrogens is 410 g/mol. The van der Waals surface area contributed by atoms with Crippen molar-refractivity contribution < 1.29 is 22.9 Å². The highest BCUT2D eigenvalue weighted by molar-refractivity contribution is 7.92. The zero-order valence-electron chi connectivity index (χ0n) is 15.7. The molecular formula is C20H17N3O6S. The molecule has 0 aliphatic carbocycles. The molecule has 10 heteroatoms. The van der Waals surface area contributed by atoms with Crippen LogP contribution < -0.4 is 14.8 Å². The average molecular weight is 427 g/mol. The fourth-order valence-electron chi connectivity index (χ4n) is 2.59. The van der Waals surface area contributed by atoms with Gasteiger partial charge in [0, 0.05) is 23.4 Å². The molecule has 1 amide bonds. The van der Waals surface area contributed by atoms with Gasteiger partial charge in [-0.15, -0.1) is 0 Å². The van der Waals surface area contributed by atoms with Crippen molar-refractivity contribution in [2.45, 2.75) is 4.90 Å². The molecule has 0 bridgehead atoms. The molecule has 0 fully saturated rings. The maximum Gasteiger partial charge on any atom is 0.269 e. The molecule has 0 aliphatic heterocycles. The number of amides is 1. The molecule has 0 saturated heterocycles. The van der Waals surface area contributed by atoms with E-state index in [1.807, 2.05) is 0 Å². The van der Waals surface area contributed by atoms with Crippen LogP contribution in [0.1, 0.15) is 10.4 Å². The molecule has 0 aromatic heterocycles. The number of nitrogens with zero attached hydrogens (tertiary/aromatic N) is 1. The molecule has 3 aromatic rings. The maximum atomic E-state index is 12.6. The van der Waals surface area contributed by atoms with Crippen molar-refractivity contribution in [1.82, 2.24) is 0 Å². The van der Waals surface area contributed by atoms with E-state index < -0.39 is 20.9 Å². The highest BCUT2D eigenvalue weighted by Gasteiger charge is 2.17. The van der Waals surface area contributed by atoms with Crippen molar-refractivity contribution >= 4 is 33.0 Å². The van der Waals surface area contributed by atoms with Crippen LogP contribution >= 0.6 is 0 Å². The molecule has 0 atom stereocenters. The Hall–Kier alpha value is -3.92. The highest BCUT2D eigenvalue weighted by atomic mass is 32.2. The number of benzene rings is 3. The standard InChI is InChI=1S/C20H17N3O6S/c1-29-19-5-3-2-4-18(19)22-30(27,28)17-12-8-15(9-13-17)21-20(24)14-6-10-16(11-7-14)23(25)26/h2-13,22H,1H3,(H,21,24). The lowest BCUT2D eigenvalue weighted by atomic mass is 10.2. The van der Waals surface area contributed by atoms with Gasteiger partial charge in [0.25, 0.3) is 21.6 Å². The van der Waals surface area contributed by atoms with Crippen molar-refractivity contribution in [1.29, 1.82) is 0 Å². The van der Waals surface area contributed by atoms with E-state index in [4.69, 9.17) is 4.74 Å². The van der Waals surface area contributed by atoms with Crippen LogP contribution in [0.25, 0.3) is 0 Å². The fourth-order valence-corrected chi connectivity index (χ4v) is 3.66. The SMILES string of the molecule is COc1ccccc1NS(=O)(=O)c1ccc(NC(=O)c2ccc([N+](=O)[O-])cc2)cc1. The summed E-state index contributed by atoms with van der Waals surface area (Å²) in [4.78, 5) is 22.4. The van der Waals surface area contributed by atoms with Crippen LogP contribution in [-0.2, 0) is 10.0 Å². The smallest absolute Gasteiger partial charge is 0.269 e. The summed E-state index contributed by atoms with van der Waals surface area (Å²) in [6, 6.07) is 17.3. The Bertz CT molecular complexity index is 1180. The number of anilines is 2. The number of nitrogens with one attached hydrogen (secondary N) is 2. The maximum absolute atomic E-state index is 12.6. The number of hydrogen-bond acceptors (Lipinski definition) is 6. The lowest BCUT2D eigenvalue weighted by Gasteiger charge is -2.12. The summed E-state index contributed by atoms with van der Waals surface area (Å²) < 4.78 is 32.8. The zero-order valence-corrected chi connectivity index (χ0v) is 16.5. The molecule has 2 N–H and O–H groups in total. The van der Waals surface area contributed by atoms with E-state index in [1.54, 1.807) is 24.3 Å². The molecule has 0 heterocycles. The number of methoxy groups -OCH3 is 1. The third-order valence-corrected chi connectivity index (χ3v) is 5.50. The molecule has 0 radical (unpaired) electrons. The predicted octanol–water partition coefficient (Wildman–Crippen LogP) is 3.66. The Balaban J connectivity index is 1.72. The van der Waals surface area contributed by atoms with Crippen LogP contribution in [0, 0.1) is 10.1 Å². The fraction of sp³-hybridized carbons (Fsp3) is 0.0500. The Morgan fingerprint density at radius 3 is 2.20 bits per heavy atom. The second-order valence-electron chi connectivity index (χ2n) is 6.09. The molecule has 0 saturated carbocycles. The van der Waals surface area contributed by atoms with Crippen LogP contribution in [0.2, 0.25) is 0 Å². The molecule has 0 spiro atoms. The molecule has 9 nitrogen and oxygen atoms in total. The minimum absolute atomic E-state index is 0.00161. The minimum Gasteiger partial charge on any atom is -0.495 e. The molecule has 30 heavy (non-hydrogen) atoms. The van der Waals surface area contributed by atoms with E-state index in [0.29, 0.717) is 17.1 Å². The largest absolute Gasteiger partial charge is 0.495 e. The number of non-ortho nitro benzene ring substituents is 1. The van der Waals surface area contributed by atoms with Crippen LogP contribution in [0.5, 0.6) is 5.75 Å². The topological polar surface area (TPSA) is 128 Å². The number of sulfonamides is 1. The second kappa shape index (κ2) is 8.62. The first-order chi connectivity index (χ1) is 14.3. The van der Waals surface area contributed by atoms with Crippen LogP contribution in [0.15, 0.2) is 77.7 Å². The number of nitro benzene ring substituents is 1. The number of nitro groups is 1. The van der Waals surface area contributed by atoms with E-state index in [-0.39, 0.29) is 16.1 Å². The van der Waals surface area contributed by atoms with Gasteiger partial charge in [-0.1, -0.05) is 12.1 Å². The third-order valence-electron chi connectivity index (χ3n) is 4.11. The number of carbonyl (C=O) groups is 1. The van der Waals surface area contributed by atoms with E-state index >= 15 is 0 Å². The molecule has 154 valence electrons. The van der Waals surface area contributed by atoms with Crippen molar-refractivity contribution in [3.05, 3.63) is 88.5 Å². The van der Waals surface area contributed by atoms with E-state index in [9.17, 15) is 23.3 Å². The third kappa shape index (κ3) is 4.73. The second-order valence-corrected chi connectivity index (χ2v) is 7.77. The van der Waals surface area contributed by atoms with Crippen molar-refractivity contribution in [2.75, 3.05) is 17.1 Å². The van der Waals surface area contributed by atoms with Gasteiger partial charge in [-0.2, -0.15) is 0 Å². The summed E-state index contributed by atoms with van der Waals surface area (Å²) in [5.74, 6) is -0.0966. The molecule has 0 aliphatic rings. The molecule has 3 rings (SSSR count). The quantitative estimate of drug-likeness (QED) is 0.437. The number of rotatable bonds is 7. The van der Waals surface area contributed by atoms with Gasteiger partial charge in [-0.05, 0) is 48.5 Å². The summed E-state index contributed by atoms with van der Waals surface area (Å²) >= 11 is 0. The summed E-state index contributed by atoms with van der Waals surface area (Å²) in [7, 11) is -2.42. The number of ether oxygens (including phenoxy) is 1. The van der Waals surface area contributed by atoms with Gasteiger partial charge in [-0.25, -0.2) is 8.42 Å². The van der Waals surface area contributed by atoms with Gasteiger partial charge in [0.15, 0.2) is 0 Å². The Labute approximate surface area is 172 Å². The van der Waals surface area contributed by atoms with Crippen molar-refractivity contribution in [2.24, 2.45) is 0 Å². The first-order valence-corrected chi connectivity index (χ1v) is 10.1. The van der Waals surface area contributed by atoms with Crippen LogP contribution in [0.4, 0.5) is 17.1 Å². The Morgan fingerprint density at radius 1 is 0.967 bits per heavy atom. The van der Waals surface area contributed by atoms with Crippen LogP contribution in [-0.4, -0.2) is 26.4 Å². The minimum atomic E-state index is -3.86. The lowest BCUT2D eigenvalue weighted by Crippen LogP contribution is -2.14. The van der Waals surface area contributed by atoms with Crippen molar-refractivity contribution in [3.8, 4) is 5.75 Å². The Kier molecular flexibility index (Phi) is 5.98. The van der Waals surface area contributed by atoms with Gasteiger partial charge >= 0.3 is 0 Å². The summed E-state index contributed by atoms with van der Waals surface area (Å²) in [6.07, 6.45) is 0. The summed E-state index contributed by atoms with van der Waals surface area (Å²) in [5.41, 5.74) is 0.781. The average Bonchev–Trinajstić information content (AvgIpc) is 2.74. The summed E-state index contributed by atoms with van der Waals surface area (Å²) in [5, 5.41) is 13.3. The summed E-state index contributed by atoms with van der Waals surface area (Å²) in [6.45, 7) is 0. The molecule has 3 aromatic carbocycles. The highest BCUT2D eigenvalue weighted by Crippen LogP contribution is 2.26. The van der Waals surface area contributed by atoms with Gasteiger partial charge < -0.3 is 10.1 Å². The van der Waals surface area contributed by atoms with Gasteiger partial charge in [0.2, 0.25) is 0 Å². The monoisotopic (exact) mass is 427 g/mol. The predicted molar refractivity (Wildman–Crippen MR) is 111 cm³/mol. The first-order valence-electron chi connectivity index (χ1n) is 8.62. The normalized spacial score (nSPS) is 10.8. The van der Waals surface area contributed by atoms with E-state index in [2.05, 4.69) is 10.0 Å². The van der Waals surface area contributed by atoms with Gasteiger partial charge in [0.05, 0.1) is 22.6 Å². The number of para-hydroxylation sites is 2. The Morgan fingerprint density at radius 2 is 1.60 bits per heavy atom. The van der Waals surface area contributed by atoms with Gasteiger partial charge in [0.1, 0.15) is 5.75 Å². The van der Waals surface area contributed by atoms with Crippen molar-refractivity contribution in [3.63, 3.8) is 0 Å². The zero-order chi connectivity index (χ0) is 21.7. The number of carbonyl (C=O) groups excluding carboxylic acids is 1. The van der Waals surface area contributed by atoms with Crippen LogP contribution in [0.3, 0.4) is 0 Å². The first kappa shape index (κ1) is 20.8. The molecule has 0 unspecified atom stereocenters. The van der Waals surface area contributed by atoms with E-state index in [1.165, 1.54) is 55.6 Å². The van der Waals surface area contributed by atoms with Gasteiger partial charge in [-0.3, -0.25) is 19.6 Å². The number of hydrogen-bond donors (Lipinski definition) is 2. The lowest BCUT2D eigenvalue weighted by molar-refractivity contribution is -0.384.